The van der Waals surface area contributed by atoms with Crippen molar-refractivity contribution in [2.45, 2.75) is 32.8 Å². The van der Waals surface area contributed by atoms with E-state index in [1.54, 1.807) is 20.8 Å². The Morgan fingerprint density at radius 1 is 1.35 bits per heavy atom. The summed E-state index contributed by atoms with van der Waals surface area (Å²) in [6.45, 7) is 5.85. The zero-order chi connectivity index (χ0) is 15.1. The van der Waals surface area contributed by atoms with Crippen LogP contribution in [0.3, 0.4) is 0 Å². The lowest BCUT2D eigenvalue weighted by Gasteiger charge is -2.25. The summed E-state index contributed by atoms with van der Waals surface area (Å²) in [6, 6.07) is 3.05. The van der Waals surface area contributed by atoms with Crippen LogP contribution in [0.5, 0.6) is 0 Å². The summed E-state index contributed by atoms with van der Waals surface area (Å²) in [7, 11) is 0. The van der Waals surface area contributed by atoms with Gasteiger partial charge in [-0.15, -0.1) is 0 Å². The second kappa shape index (κ2) is 4.70. The number of hydrogen-bond acceptors (Lipinski definition) is 4. The van der Waals surface area contributed by atoms with E-state index in [4.69, 9.17) is 15.6 Å². The molecular formula is C14H18N2O4. The van der Waals surface area contributed by atoms with Crippen molar-refractivity contribution in [3.05, 3.63) is 23.3 Å². The number of carboxylic acid groups (broad SMARTS) is 1. The van der Waals surface area contributed by atoms with Crippen LogP contribution in [0.1, 0.15) is 36.7 Å². The van der Waals surface area contributed by atoms with Crippen LogP contribution in [0.4, 0.5) is 16.2 Å². The molecule has 3 N–H and O–H groups in total. The molecule has 0 fully saturated rings. The predicted molar refractivity (Wildman–Crippen MR) is 75.1 cm³/mol. The average Bonchev–Trinajstić information content (AvgIpc) is 2.67. The maximum Gasteiger partial charge on any atom is 0.414 e. The third-order valence-corrected chi connectivity index (χ3v) is 2.99. The van der Waals surface area contributed by atoms with Crippen molar-refractivity contribution < 1.29 is 19.4 Å². The highest BCUT2D eigenvalue weighted by Gasteiger charge is 2.30. The summed E-state index contributed by atoms with van der Waals surface area (Å²) in [6.07, 6.45) is 0.147. The standard InChI is InChI=1S/C14H18N2O4/c1-14(2,3)20-13(19)16-5-4-8-6-9(12(17)18)10(15)7-11(8)16/h6-7H,4-5,15H2,1-3H3,(H,17,18). The molecule has 1 aliphatic heterocycles. The number of carboxylic acids is 1. The Morgan fingerprint density at radius 3 is 2.55 bits per heavy atom. The van der Waals surface area contributed by atoms with Gasteiger partial charge < -0.3 is 15.6 Å². The van der Waals surface area contributed by atoms with Gasteiger partial charge in [0.1, 0.15) is 5.60 Å². The van der Waals surface area contributed by atoms with Gasteiger partial charge in [-0.25, -0.2) is 9.59 Å². The fourth-order valence-corrected chi connectivity index (χ4v) is 2.15. The Labute approximate surface area is 117 Å². The van der Waals surface area contributed by atoms with Crippen molar-refractivity contribution >= 4 is 23.4 Å². The summed E-state index contributed by atoms with van der Waals surface area (Å²) < 4.78 is 5.33. The average molecular weight is 278 g/mol. The second-order valence-corrected chi connectivity index (χ2v) is 5.76. The summed E-state index contributed by atoms with van der Waals surface area (Å²) in [5, 5.41) is 9.04. The molecule has 0 aromatic heterocycles. The van der Waals surface area contributed by atoms with E-state index in [0.717, 1.165) is 5.56 Å². The van der Waals surface area contributed by atoms with Crippen LogP contribution in [0.25, 0.3) is 0 Å². The molecule has 0 bridgehead atoms. The van der Waals surface area contributed by atoms with Crippen LogP contribution < -0.4 is 10.6 Å². The molecule has 1 heterocycles. The molecule has 0 unspecified atom stereocenters. The molecule has 20 heavy (non-hydrogen) atoms. The van der Waals surface area contributed by atoms with Gasteiger partial charge in [0.2, 0.25) is 0 Å². The van der Waals surface area contributed by atoms with Gasteiger partial charge >= 0.3 is 12.1 Å². The Bertz CT molecular complexity index is 575. The highest BCUT2D eigenvalue weighted by Crippen LogP contribution is 2.33. The molecule has 1 aliphatic rings. The number of anilines is 2. The lowest BCUT2D eigenvalue weighted by atomic mass is 10.1. The molecule has 0 aliphatic carbocycles. The molecule has 0 spiro atoms. The number of fused-ring (bicyclic) bond motifs is 1. The minimum Gasteiger partial charge on any atom is -0.478 e. The topological polar surface area (TPSA) is 92.9 Å². The number of nitrogens with zero attached hydrogens (tertiary/aromatic N) is 1. The largest absolute Gasteiger partial charge is 0.478 e. The number of carbonyl (C=O) groups excluding carboxylic acids is 1. The van der Waals surface area contributed by atoms with Gasteiger partial charge in [0.15, 0.2) is 0 Å². The summed E-state index contributed by atoms with van der Waals surface area (Å²) in [5.74, 6) is -1.07. The molecule has 0 atom stereocenters. The maximum absolute atomic E-state index is 12.1. The smallest absolute Gasteiger partial charge is 0.414 e. The second-order valence-electron chi connectivity index (χ2n) is 5.76. The molecule has 1 aromatic rings. The first-order valence-electron chi connectivity index (χ1n) is 6.35. The van der Waals surface area contributed by atoms with Crippen molar-refractivity contribution in [3.8, 4) is 0 Å². The number of carbonyl (C=O) groups is 2. The molecule has 2 rings (SSSR count). The highest BCUT2D eigenvalue weighted by molar-refractivity contribution is 5.98. The number of ether oxygens (including phenoxy) is 1. The van der Waals surface area contributed by atoms with Crippen LogP contribution >= 0.6 is 0 Å². The summed E-state index contributed by atoms with van der Waals surface area (Å²) >= 11 is 0. The van der Waals surface area contributed by atoms with Crippen molar-refractivity contribution in [1.82, 2.24) is 0 Å². The van der Waals surface area contributed by atoms with Gasteiger partial charge in [0, 0.05) is 12.2 Å². The number of rotatable bonds is 1. The van der Waals surface area contributed by atoms with E-state index in [1.165, 1.54) is 17.0 Å². The SMILES string of the molecule is CC(C)(C)OC(=O)N1CCc2cc(C(=O)O)c(N)cc21. The normalized spacial score (nSPS) is 14.1. The van der Waals surface area contributed by atoms with Gasteiger partial charge in [0.25, 0.3) is 0 Å². The Morgan fingerprint density at radius 2 is 2.00 bits per heavy atom. The van der Waals surface area contributed by atoms with Crippen molar-refractivity contribution in [2.75, 3.05) is 17.2 Å². The van der Waals surface area contributed by atoms with Gasteiger partial charge in [-0.2, -0.15) is 0 Å². The Balaban J connectivity index is 2.32. The van der Waals surface area contributed by atoms with E-state index < -0.39 is 17.7 Å². The highest BCUT2D eigenvalue weighted by atomic mass is 16.6. The third kappa shape index (κ3) is 2.68. The third-order valence-electron chi connectivity index (χ3n) is 2.99. The van der Waals surface area contributed by atoms with Gasteiger partial charge in [-0.05, 0) is 44.9 Å². The minimum absolute atomic E-state index is 0.0646. The number of benzene rings is 1. The molecule has 0 saturated carbocycles. The molecule has 108 valence electrons. The Hall–Kier alpha value is -2.24. The van der Waals surface area contributed by atoms with Crippen LogP contribution in [-0.2, 0) is 11.2 Å². The van der Waals surface area contributed by atoms with Crippen molar-refractivity contribution in [3.63, 3.8) is 0 Å². The van der Waals surface area contributed by atoms with Crippen LogP contribution in [0, 0.1) is 0 Å². The van der Waals surface area contributed by atoms with E-state index in [1.807, 2.05) is 0 Å². The molecule has 0 radical (unpaired) electrons. The van der Waals surface area contributed by atoms with Gasteiger partial charge in [0.05, 0.1) is 11.3 Å². The number of nitrogen functional groups attached to an aromatic ring is 1. The molecule has 6 nitrogen and oxygen atoms in total. The summed E-state index contributed by atoms with van der Waals surface area (Å²) in [5.41, 5.74) is 6.78. The number of aromatic carboxylic acids is 1. The first-order valence-corrected chi connectivity index (χ1v) is 6.35. The lowest BCUT2D eigenvalue weighted by Crippen LogP contribution is -2.35. The number of nitrogens with two attached hydrogens (primary N) is 1. The first-order chi connectivity index (χ1) is 9.19. The van der Waals surface area contributed by atoms with Crippen LogP contribution in [-0.4, -0.2) is 29.3 Å². The van der Waals surface area contributed by atoms with E-state index in [2.05, 4.69) is 0 Å². The van der Waals surface area contributed by atoms with Gasteiger partial charge in [-0.3, -0.25) is 4.90 Å². The van der Waals surface area contributed by atoms with E-state index in [0.29, 0.717) is 18.7 Å². The predicted octanol–water partition coefficient (Wildman–Crippen LogP) is 2.26. The molecule has 1 aromatic carbocycles. The van der Waals surface area contributed by atoms with E-state index in [9.17, 15) is 9.59 Å². The molecule has 6 heteroatoms. The van der Waals surface area contributed by atoms with Gasteiger partial charge in [-0.1, -0.05) is 0 Å². The maximum atomic E-state index is 12.1. The molecular weight excluding hydrogens is 260 g/mol. The Kier molecular flexibility index (Phi) is 3.33. The molecule has 0 saturated heterocycles. The van der Waals surface area contributed by atoms with Crippen LogP contribution in [0.2, 0.25) is 0 Å². The zero-order valence-electron chi connectivity index (χ0n) is 11.8. The van der Waals surface area contributed by atoms with Crippen molar-refractivity contribution in [1.29, 1.82) is 0 Å². The van der Waals surface area contributed by atoms with E-state index >= 15 is 0 Å². The first kappa shape index (κ1) is 14.2. The monoisotopic (exact) mass is 278 g/mol. The molecule has 1 amide bonds. The van der Waals surface area contributed by atoms with E-state index in [-0.39, 0.29) is 11.3 Å². The zero-order valence-corrected chi connectivity index (χ0v) is 11.8. The number of amides is 1. The summed E-state index contributed by atoms with van der Waals surface area (Å²) in [4.78, 5) is 24.6. The fraction of sp³-hybridized carbons (Fsp3) is 0.429. The fourth-order valence-electron chi connectivity index (χ4n) is 2.15. The minimum atomic E-state index is -1.07. The number of hydrogen-bond donors (Lipinski definition) is 2. The van der Waals surface area contributed by atoms with Crippen molar-refractivity contribution in [2.24, 2.45) is 0 Å². The quantitative estimate of drug-likeness (QED) is 0.769. The lowest BCUT2D eigenvalue weighted by molar-refractivity contribution is 0.0583. The van der Waals surface area contributed by atoms with Crippen LogP contribution in [0.15, 0.2) is 12.1 Å².